The second-order valence-electron chi connectivity index (χ2n) is 9.98. The molecule has 2 aromatic carbocycles. The molecule has 1 unspecified atom stereocenters. The van der Waals surface area contributed by atoms with Crippen LogP contribution in [0.15, 0.2) is 42.5 Å². The van der Waals surface area contributed by atoms with Crippen molar-refractivity contribution in [2.75, 3.05) is 13.1 Å². The van der Waals surface area contributed by atoms with Crippen LogP contribution < -0.4 is 5.32 Å². The second kappa shape index (κ2) is 9.20. The average molecular weight is 496 g/mol. The molecular formula is C27H27F2N3O4. The van der Waals surface area contributed by atoms with Crippen molar-refractivity contribution in [3.8, 4) is 0 Å². The quantitative estimate of drug-likeness (QED) is 0.622. The van der Waals surface area contributed by atoms with Crippen LogP contribution in [0.4, 0.5) is 8.78 Å². The molecule has 188 valence electrons. The van der Waals surface area contributed by atoms with Crippen LogP contribution in [0.2, 0.25) is 0 Å². The summed E-state index contributed by atoms with van der Waals surface area (Å²) in [5.74, 6) is -3.45. The number of hydrogen-bond donors (Lipinski definition) is 1. The standard InChI is InChI=1S/C27H27F2N3O4/c1-16(18-4-2-17(3-5-18)12-31-14-27(28,29)15-31)30-25(35)19-6-8-22-20(10-19)13-32(26(22)36)23-9-7-21(33)11-24(23)34/h2-6,8,10,16,23H,7,9,11-15H2,1H3,(H,30,35)/t16-,23?/m0/s1. The number of amides is 2. The number of nitrogens with zero attached hydrogens (tertiary/aromatic N) is 2. The van der Waals surface area contributed by atoms with Gasteiger partial charge in [0, 0.05) is 30.6 Å². The number of fused-ring (bicyclic) bond motifs is 1. The van der Waals surface area contributed by atoms with Crippen molar-refractivity contribution < 1.29 is 28.0 Å². The molecule has 2 amide bonds. The molecule has 0 aromatic heterocycles. The van der Waals surface area contributed by atoms with E-state index in [0.29, 0.717) is 29.7 Å². The van der Waals surface area contributed by atoms with E-state index in [4.69, 9.17) is 0 Å². The van der Waals surface area contributed by atoms with E-state index in [1.54, 1.807) is 23.1 Å². The Balaban J connectivity index is 1.20. The molecule has 2 heterocycles. The van der Waals surface area contributed by atoms with E-state index in [2.05, 4.69) is 5.32 Å². The molecule has 9 heteroatoms. The van der Waals surface area contributed by atoms with Gasteiger partial charge in [0.15, 0.2) is 5.78 Å². The van der Waals surface area contributed by atoms with E-state index in [1.807, 2.05) is 31.2 Å². The zero-order valence-corrected chi connectivity index (χ0v) is 19.9. The Kier molecular flexibility index (Phi) is 6.20. The minimum absolute atomic E-state index is 0.0936. The molecule has 3 aliphatic rings. The Labute approximate surface area is 207 Å². The van der Waals surface area contributed by atoms with Crippen LogP contribution >= 0.6 is 0 Å². The topological polar surface area (TPSA) is 86.8 Å². The maximum absolute atomic E-state index is 13.0. The summed E-state index contributed by atoms with van der Waals surface area (Å²) in [6.45, 7) is 2.12. The molecule has 1 aliphatic carbocycles. The van der Waals surface area contributed by atoms with Gasteiger partial charge in [-0.15, -0.1) is 0 Å². The largest absolute Gasteiger partial charge is 0.346 e. The summed E-state index contributed by atoms with van der Waals surface area (Å²) in [5.41, 5.74) is 3.39. The summed E-state index contributed by atoms with van der Waals surface area (Å²) < 4.78 is 26.0. The highest BCUT2D eigenvalue weighted by Crippen LogP contribution is 2.30. The van der Waals surface area contributed by atoms with E-state index < -0.39 is 12.0 Å². The smallest absolute Gasteiger partial charge is 0.272 e. The van der Waals surface area contributed by atoms with Gasteiger partial charge in [0.1, 0.15) is 5.78 Å². The summed E-state index contributed by atoms with van der Waals surface area (Å²) in [4.78, 5) is 52.8. The Bertz CT molecular complexity index is 1240. The van der Waals surface area contributed by atoms with Crippen molar-refractivity contribution in [2.24, 2.45) is 0 Å². The average Bonchev–Trinajstić information content (AvgIpc) is 3.13. The number of benzene rings is 2. The van der Waals surface area contributed by atoms with Gasteiger partial charge in [0.05, 0.1) is 31.6 Å². The van der Waals surface area contributed by atoms with Crippen molar-refractivity contribution in [3.05, 3.63) is 70.3 Å². The lowest BCUT2D eigenvalue weighted by Gasteiger charge is -2.38. The number of hydrogen-bond acceptors (Lipinski definition) is 5. The van der Waals surface area contributed by atoms with Gasteiger partial charge in [0.2, 0.25) is 0 Å². The molecule has 0 spiro atoms. The Morgan fingerprint density at radius 1 is 1.11 bits per heavy atom. The number of rotatable bonds is 6. The first-order valence-corrected chi connectivity index (χ1v) is 12.1. The van der Waals surface area contributed by atoms with Crippen molar-refractivity contribution >= 4 is 23.4 Å². The fourth-order valence-corrected chi connectivity index (χ4v) is 5.18. The second-order valence-corrected chi connectivity index (χ2v) is 9.98. The molecular weight excluding hydrogens is 468 g/mol. The van der Waals surface area contributed by atoms with Crippen LogP contribution in [0.1, 0.15) is 69.6 Å². The summed E-state index contributed by atoms with van der Waals surface area (Å²) in [7, 11) is 0. The first-order valence-electron chi connectivity index (χ1n) is 12.1. The highest BCUT2D eigenvalue weighted by molar-refractivity contribution is 6.08. The highest BCUT2D eigenvalue weighted by atomic mass is 19.3. The van der Waals surface area contributed by atoms with Crippen molar-refractivity contribution in [2.45, 2.75) is 57.3 Å². The van der Waals surface area contributed by atoms with E-state index in [1.165, 1.54) is 4.90 Å². The number of likely N-dealkylation sites (tertiary alicyclic amines) is 1. The van der Waals surface area contributed by atoms with Crippen LogP contribution in [0.3, 0.4) is 0 Å². The summed E-state index contributed by atoms with van der Waals surface area (Å²) in [6, 6.07) is 11.5. The molecule has 2 aromatic rings. The van der Waals surface area contributed by atoms with Gasteiger partial charge in [-0.3, -0.25) is 24.1 Å². The minimum Gasteiger partial charge on any atom is -0.346 e. The minimum atomic E-state index is -2.59. The lowest BCUT2D eigenvalue weighted by molar-refractivity contribution is -0.134. The van der Waals surface area contributed by atoms with Crippen LogP contribution in [-0.2, 0) is 22.7 Å². The molecule has 2 fully saturated rings. The van der Waals surface area contributed by atoms with Crippen molar-refractivity contribution in [1.29, 1.82) is 0 Å². The SMILES string of the molecule is C[C@H](NC(=O)c1ccc2c(c1)CN(C1CCC(=O)CC1=O)C2=O)c1ccc(CN2CC(F)(F)C2)cc1. The van der Waals surface area contributed by atoms with Gasteiger partial charge in [-0.1, -0.05) is 24.3 Å². The molecule has 7 nitrogen and oxygen atoms in total. The van der Waals surface area contributed by atoms with E-state index in [9.17, 15) is 28.0 Å². The number of Topliss-reactive ketones (excluding diaryl/α,β-unsaturated/α-hetero) is 2. The molecule has 1 saturated heterocycles. The lowest BCUT2D eigenvalue weighted by Crippen LogP contribution is -2.55. The number of nitrogens with one attached hydrogen (secondary N) is 1. The Hall–Kier alpha value is -3.46. The normalized spacial score (nSPS) is 22.2. The Morgan fingerprint density at radius 2 is 1.83 bits per heavy atom. The number of alkyl halides is 2. The molecule has 0 radical (unpaired) electrons. The fourth-order valence-electron chi connectivity index (χ4n) is 5.18. The van der Waals surface area contributed by atoms with Crippen LogP contribution in [0.25, 0.3) is 0 Å². The lowest BCUT2D eigenvalue weighted by atomic mass is 9.92. The molecule has 1 saturated carbocycles. The summed E-state index contributed by atoms with van der Waals surface area (Å²) >= 11 is 0. The van der Waals surface area contributed by atoms with Crippen LogP contribution in [0.5, 0.6) is 0 Å². The van der Waals surface area contributed by atoms with Gasteiger partial charge in [-0.2, -0.15) is 0 Å². The van der Waals surface area contributed by atoms with Gasteiger partial charge in [-0.25, -0.2) is 8.78 Å². The fraction of sp³-hybridized carbons (Fsp3) is 0.407. The van der Waals surface area contributed by atoms with Gasteiger partial charge >= 0.3 is 0 Å². The maximum atomic E-state index is 13.0. The van der Waals surface area contributed by atoms with Crippen molar-refractivity contribution in [1.82, 2.24) is 15.1 Å². The third-order valence-electron chi connectivity index (χ3n) is 7.16. The van der Waals surface area contributed by atoms with Gasteiger partial charge in [0.25, 0.3) is 17.7 Å². The molecule has 1 N–H and O–H groups in total. The molecule has 5 rings (SSSR count). The zero-order valence-electron chi connectivity index (χ0n) is 19.9. The first kappa shape index (κ1) is 24.2. The Morgan fingerprint density at radius 3 is 2.50 bits per heavy atom. The highest BCUT2D eigenvalue weighted by Gasteiger charge is 2.43. The first-order chi connectivity index (χ1) is 17.1. The van der Waals surface area contributed by atoms with E-state index >= 15 is 0 Å². The number of halogens is 2. The predicted octanol–water partition coefficient (Wildman–Crippen LogP) is 3.28. The zero-order chi connectivity index (χ0) is 25.6. The molecule has 2 aliphatic heterocycles. The van der Waals surface area contributed by atoms with E-state index in [-0.39, 0.29) is 61.9 Å². The van der Waals surface area contributed by atoms with Crippen molar-refractivity contribution in [3.63, 3.8) is 0 Å². The number of ketones is 2. The van der Waals surface area contributed by atoms with Crippen LogP contribution in [0, 0.1) is 0 Å². The van der Waals surface area contributed by atoms with Gasteiger partial charge < -0.3 is 10.2 Å². The van der Waals surface area contributed by atoms with Gasteiger partial charge in [-0.05, 0) is 48.2 Å². The summed E-state index contributed by atoms with van der Waals surface area (Å²) in [5, 5.41) is 2.96. The molecule has 0 bridgehead atoms. The number of carbonyl (C=O) groups is 4. The number of carbonyl (C=O) groups excluding carboxylic acids is 4. The maximum Gasteiger partial charge on any atom is 0.272 e. The van der Waals surface area contributed by atoms with E-state index in [0.717, 1.165) is 11.1 Å². The van der Waals surface area contributed by atoms with Crippen LogP contribution in [-0.4, -0.2) is 58.2 Å². The third kappa shape index (κ3) is 4.80. The molecule has 36 heavy (non-hydrogen) atoms. The summed E-state index contributed by atoms with van der Waals surface area (Å²) in [6.07, 6.45) is 0.494. The third-order valence-corrected chi connectivity index (χ3v) is 7.16. The predicted molar refractivity (Wildman–Crippen MR) is 127 cm³/mol. The monoisotopic (exact) mass is 495 g/mol. The molecule has 2 atom stereocenters.